The lowest BCUT2D eigenvalue weighted by atomic mass is 9.93. The first-order valence-corrected chi connectivity index (χ1v) is 12.1. The summed E-state index contributed by atoms with van der Waals surface area (Å²) >= 11 is 6.03. The minimum atomic E-state index is -0.651. The Morgan fingerprint density at radius 3 is 2.34 bits per heavy atom. The van der Waals surface area contributed by atoms with Gasteiger partial charge in [0.05, 0.1) is 12.5 Å². The average Bonchev–Trinajstić information content (AvgIpc) is 2.74. The summed E-state index contributed by atoms with van der Waals surface area (Å²) in [4.78, 5) is 27.1. The van der Waals surface area contributed by atoms with E-state index in [1.54, 1.807) is 33.8 Å². The molecule has 0 saturated heterocycles. The molecule has 0 aliphatic rings. The Morgan fingerprint density at radius 1 is 1.11 bits per heavy atom. The molecule has 6 nitrogen and oxygen atoms in total. The van der Waals surface area contributed by atoms with Gasteiger partial charge in [-0.15, -0.1) is 0 Å². The van der Waals surface area contributed by atoms with Crippen LogP contribution in [-0.4, -0.2) is 55.9 Å². The molecule has 0 bridgehead atoms. The third-order valence-electron chi connectivity index (χ3n) is 5.17. The Kier molecular flexibility index (Phi) is 10.5. The highest BCUT2D eigenvalue weighted by Gasteiger charge is 2.27. The zero-order chi connectivity index (χ0) is 26.2. The number of amides is 1. The van der Waals surface area contributed by atoms with Crippen molar-refractivity contribution in [3.05, 3.63) is 58.9 Å². The highest BCUT2D eigenvalue weighted by molar-refractivity contribution is 6.30. The Labute approximate surface area is 212 Å². The third-order valence-corrected chi connectivity index (χ3v) is 5.41. The number of hydrogen-bond acceptors (Lipinski definition) is 5. The number of carbonyl (C=O) groups is 2. The number of nitrogens with zero attached hydrogens (tertiary/aromatic N) is 1. The Balaban J connectivity index is 2.25. The molecule has 2 atom stereocenters. The van der Waals surface area contributed by atoms with Crippen molar-refractivity contribution >= 4 is 23.7 Å². The Bertz CT molecular complexity index is 990. The van der Waals surface area contributed by atoms with Crippen LogP contribution in [0.5, 0.6) is 0 Å². The summed E-state index contributed by atoms with van der Waals surface area (Å²) in [5.41, 5.74) is 1.38. The first-order chi connectivity index (χ1) is 16.4. The van der Waals surface area contributed by atoms with Gasteiger partial charge in [0.15, 0.2) is 0 Å². The van der Waals surface area contributed by atoms with E-state index in [9.17, 15) is 14.0 Å². The van der Waals surface area contributed by atoms with Crippen molar-refractivity contribution in [1.82, 2.24) is 10.2 Å². The van der Waals surface area contributed by atoms with Gasteiger partial charge < -0.3 is 19.7 Å². The van der Waals surface area contributed by atoms with Crippen LogP contribution < -0.4 is 5.32 Å². The molecule has 0 aliphatic carbocycles. The van der Waals surface area contributed by atoms with Gasteiger partial charge in [-0.1, -0.05) is 35.9 Å². The monoisotopic (exact) mass is 506 g/mol. The quantitative estimate of drug-likeness (QED) is 0.418. The van der Waals surface area contributed by atoms with E-state index >= 15 is 0 Å². The summed E-state index contributed by atoms with van der Waals surface area (Å²) in [5, 5.41) is 3.38. The van der Waals surface area contributed by atoms with Gasteiger partial charge in [0, 0.05) is 23.2 Å². The molecule has 8 heteroatoms. The number of benzene rings is 2. The lowest BCUT2D eigenvalue weighted by molar-refractivity contribution is -0.149. The van der Waals surface area contributed by atoms with Gasteiger partial charge in [-0.2, -0.15) is 0 Å². The van der Waals surface area contributed by atoms with Crippen LogP contribution in [0, 0.1) is 11.7 Å². The number of ether oxygens (including phenoxy) is 2. The van der Waals surface area contributed by atoms with Crippen LogP contribution in [0.15, 0.2) is 42.5 Å². The molecule has 1 N–H and O–H groups in total. The molecule has 192 valence electrons. The molecule has 1 amide bonds. The summed E-state index contributed by atoms with van der Waals surface area (Å²) in [7, 11) is 3.77. The molecule has 2 rings (SSSR count). The predicted octanol–water partition coefficient (Wildman–Crippen LogP) is 5.71. The molecular formula is C27H36ClFN2O4. The van der Waals surface area contributed by atoms with Crippen LogP contribution in [0.3, 0.4) is 0 Å². The van der Waals surface area contributed by atoms with Crippen molar-refractivity contribution in [2.75, 3.05) is 27.2 Å². The first-order valence-electron chi connectivity index (χ1n) is 11.7. The molecule has 0 aromatic heterocycles. The lowest BCUT2D eigenvalue weighted by Crippen LogP contribution is -2.43. The van der Waals surface area contributed by atoms with Crippen LogP contribution >= 0.6 is 11.6 Å². The number of rotatable bonds is 10. The van der Waals surface area contributed by atoms with E-state index in [0.29, 0.717) is 35.5 Å². The molecule has 0 fully saturated rings. The number of halogens is 2. The summed E-state index contributed by atoms with van der Waals surface area (Å²) in [6.45, 7) is 7.92. The van der Waals surface area contributed by atoms with Gasteiger partial charge >= 0.3 is 12.1 Å². The molecule has 0 radical (unpaired) electrons. The van der Waals surface area contributed by atoms with Crippen LogP contribution in [0.2, 0.25) is 5.02 Å². The molecule has 0 saturated carbocycles. The van der Waals surface area contributed by atoms with E-state index in [0.717, 1.165) is 5.56 Å². The molecule has 0 spiro atoms. The minimum absolute atomic E-state index is 0.286. The minimum Gasteiger partial charge on any atom is -0.466 e. The number of esters is 1. The van der Waals surface area contributed by atoms with Crippen LogP contribution in [0.25, 0.3) is 11.1 Å². The summed E-state index contributed by atoms with van der Waals surface area (Å²) in [6, 6.07) is 11.4. The third kappa shape index (κ3) is 9.86. The fourth-order valence-electron chi connectivity index (χ4n) is 3.78. The molecular weight excluding hydrogens is 471 g/mol. The van der Waals surface area contributed by atoms with Gasteiger partial charge in [-0.3, -0.25) is 4.79 Å². The summed E-state index contributed by atoms with van der Waals surface area (Å²) in [6.07, 6.45) is 0.287. The van der Waals surface area contributed by atoms with Gasteiger partial charge in [-0.25, -0.2) is 9.18 Å². The second-order valence-corrected chi connectivity index (χ2v) is 10.3. The molecule has 2 aromatic rings. The van der Waals surface area contributed by atoms with E-state index in [-0.39, 0.29) is 24.4 Å². The van der Waals surface area contributed by atoms with Crippen molar-refractivity contribution in [2.24, 2.45) is 5.92 Å². The van der Waals surface area contributed by atoms with E-state index in [2.05, 4.69) is 5.32 Å². The van der Waals surface area contributed by atoms with Crippen molar-refractivity contribution in [3.8, 4) is 11.1 Å². The Hall–Kier alpha value is -2.64. The van der Waals surface area contributed by atoms with E-state index in [1.807, 2.05) is 43.3 Å². The molecule has 2 aromatic carbocycles. The standard InChI is InChI=1S/C27H36ClFN2O4/c1-7-34-25(32)20(17-31(5)6)15-22(30-26(33)35-27(2,3)4)14-18-8-10-19(11-9-18)23-16-21(28)12-13-24(23)29/h8-13,16,20,22H,7,14-15,17H2,1-6H3,(H,30,33)/t20-,22+/m0/s1. The maximum absolute atomic E-state index is 14.3. The van der Waals surface area contributed by atoms with Crippen molar-refractivity contribution in [1.29, 1.82) is 0 Å². The molecule has 35 heavy (non-hydrogen) atoms. The van der Waals surface area contributed by atoms with Crippen molar-refractivity contribution in [3.63, 3.8) is 0 Å². The van der Waals surface area contributed by atoms with Crippen LogP contribution in [-0.2, 0) is 20.7 Å². The maximum atomic E-state index is 14.3. The number of hydrogen-bond donors (Lipinski definition) is 1. The highest BCUT2D eigenvalue weighted by atomic mass is 35.5. The smallest absolute Gasteiger partial charge is 0.407 e. The summed E-state index contributed by atoms with van der Waals surface area (Å²) < 4.78 is 25.0. The molecule has 0 unspecified atom stereocenters. The second-order valence-electron chi connectivity index (χ2n) is 9.82. The van der Waals surface area contributed by atoms with Crippen molar-refractivity contribution < 1.29 is 23.5 Å². The van der Waals surface area contributed by atoms with Gasteiger partial charge in [0.2, 0.25) is 0 Å². The fraction of sp³-hybridized carbons (Fsp3) is 0.481. The zero-order valence-corrected chi connectivity index (χ0v) is 22.1. The topological polar surface area (TPSA) is 67.9 Å². The van der Waals surface area contributed by atoms with Crippen molar-refractivity contribution in [2.45, 2.75) is 52.2 Å². The largest absolute Gasteiger partial charge is 0.466 e. The molecule has 0 aliphatic heterocycles. The van der Waals surface area contributed by atoms with Crippen LogP contribution in [0.1, 0.15) is 39.7 Å². The zero-order valence-electron chi connectivity index (χ0n) is 21.4. The van der Waals surface area contributed by atoms with Gasteiger partial charge in [-0.05, 0) is 84.0 Å². The normalized spacial score (nSPS) is 13.3. The second kappa shape index (κ2) is 12.9. The number of carbonyl (C=O) groups excluding carboxylic acids is 2. The molecule has 0 heterocycles. The van der Waals surface area contributed by atoms with Gasteiger partial charge in [0.1, 0.15) is 11.4 Å². The van der Waals surface area contributed by atoms with E-state index in [4.69, 9.17) is 21.1 Å². The first kappa shape index (κ1) is 28.6. The predicted molar refractivity (Wildman–Crippen MR) is 137 cm³/mol. The van der Waals surface area contributed by atoms with E-state index in [1.165, 1.54) is 12.1 Å². The lowest BCUT2D eigenvalue weighted by Gasteiger charge is -2.27. The number of nitrogens with one attached hydrogen (secondary N) is 1. The highest BCUT2D eigenvalue weighted by Crippen LogP contribution is 2.27. The fourth-order valence-corrected chi connectivity index (χ4v) is 3.95. The Morgan fingerprint density at radius 2 is 1.77 bits per heavy atom. The van der Waals surface area contributed by atoms with E-state index < -0.39 is 17.6 Å². The average molecular weight is 507 g/mol. The maximum Gasteiger partial charge on any atom is 0.407 e. The van der Waals surface area contributed by atoms with Crippen LogP contribution in [0.4, 0.5) is 9.18 Å². The SMILES string of the molecule is CCOC(=O)[C@@H](C[C@@H](Cc1ccc(-c2cc(Cl)ccc2F)cc1)NC(=O)OC(C)(C)C)CN(C)C. The summed E-state index contributed by atoms with van der Waals surface area (Å²) in [5.74, 6) is -1.08. The van der Waals surface area contributed by atoms with Gasteiger partial charge in [0.25, 0.3) is 0 Å². The number of alkyl carbamates (subject to hydrolysis) is 1.